The first-order valence-electron chi connectivity index (χ1n) is 11.3. The molecular formula is C23H30N6O5S. The molecule has 11 nitrogen and oxygen atoms in total. The van der Waals surface area contributed by atoms with Crippen LogP contribution in [-0.2, 0) is 32.0 Å². The van der Waals surface area contributed by atoms with Crippen LogP contribution in [0.1, 0.15) is 24.1 Å². The SMILES string of the molecule is NC(Cc1ccccc1)C(=O)N1CCCC1C(=O)NC(Cc1cnc[nH]1)C(=O)NC(CS)C(=O)O. The smallest absolute Gasteiger partial charge is 0.327 e. The number of hydrogen-bond acceptors (Lipinski definition) is 7. The van der Waals surface area contributed by atoms with Gasteiger partial charge in [-0.15, -0.1) is 0 Å². The Morgan fingerprint density at radius 2 is 1.91 bits per heavy atom. The molecule has 0 radical (unpaired) electrons. The normalized spacial score (nSPS) is 17.9. The minimum Gasteiger partial charge on any atom is -0.480 e. The lowest BCUT2D eigenvalue weighted by Gasteiger charge is -2.28. The van der Waals surface area contributed by atoms with Gasteiger partial charge in [0.15, 0.2) is 0 Å². The van der Waals surface area contributed by atoms with Gasteiger partial charge in [0.05, 0.1) is 12.4 Å². The first-order chi connectivity index (χ1) is 16.8. The highest BCUT2D eigenvalue weighted by atomic mass is 32.1. The van der Waals surface area contributed by atoms with Crippen molar-refractivity contribution in [1.82, 2.24) is 25.5 Å². The number of nitrogens with zero attached hydrogens (tertiary/aromatic N) is 2. The van der Waals surface area contributed by atoms with E-state index >= 15 is 0 Å². The maximum atomic E-state index is 13.2. The zero-order valence-corrected chi connectivity index (χ0v) is 20.0. The van der Waals surface area contributed by atoms with Gasteiger partial charge in [0.25, 0.3) is 0 Å². The Labute approximate surface area is 208 Å². The fourth-order valence-corrected chi connectivity index (χ4v) is 4.27. The average Bonchev–Trinajstić information content (AvgIpc) is 3.54. The topological polar surface area (TPSA) is 171 Å². The van der Waals surface area contributed by atoms with Gasteiger partial charge in [-0.05, 0) is 24.8 Å². The van der Waals surface area contributed by atoms with Crippen LogP contribution in [0.15, 0.2) is 42.9 Å². The van der Waals surface area contributed by atoms with Gasteiger partial charge in [0, 0.05) is 30.6 Å². The Morgan fingerprint density at radius 1 is 1.17 bits per heavy atom. The first kappa shape index (κ1) is 26.2. The molecule has 3 rings (SSSR count). The summed E-state index contributed by atoms with van der Waals surface area (Å²) in [5.41, 5.74) is 7.66. The molecule has 188 valence electrons. The van der Waals surface area contributed by atoms with Gasteiger partial charge in [-0.25, -0.2) is 9.78 Å². The van der Waals surface area contributed by atoms with Crippen molar-refractivity contribution in [3.05, 3.63) is 54.1 Å². The van der Waals surface area contributed by atoms with Crippen LogP contribution >= 0.6 is 12.6 Å². The lowest BCUT2D eigenvalue weighted by atomic mass is 10.0. The number of aliphatic carboxylic acids is 1. The molecule has 0 saturated carbocycles. The van der Waals surface area contributed by atoms with E-state index in [1.807, 2.05) is 30.3 Å². The van der Waals surface area contributed by atoms with Gasteiger partial charge >= 0.3 is 5.97 Å². The first-order valence-corrected chi connectivity index (χ1v) is 11.9. The van der Waals surface area contributed by atoms with Crippen LogP contribution in [0, 0.1) is 0 Å². The van der Waals surface area contributed by atoms with E-state index in [1.54, 1.807) is 0 Å². The number of nitrogens with two attached hydrogens (primary N) is 1. The Kier molecular flexibility index (Phi) is 9.26. The molecule has 1 saturated heterocycles. The quantitative estimate of drug-likeness (QED) is 0.225. The monoisotopic (exact) mass is 502 g/mol. The molecule has 1 fully saturated rings. The summed E-state index contributed by atoms with van der Waals surface area (Å²) in [6.07, 6.45) is 4.40. The Morgan fingerprint density at radius 3 is 2.54 bits per heavy atom. The van der Waals surface area contributed by atoms with Crippen molar-refractivity contribution in [1.29, 1.82) is 0 Å². The van der Waals surface area contributed by atoms with Crippen LogP contribution < -0.4 is 16.4 Å². The zero-order valence-electron chi connectivity index (χ0n) is 19.1. The molecule has 1 aliphatic heterocycles. The number of H-pyrrole nitrogens is 1. The van der Waals surface area contributed by atoms with Crippen LogP contribution in [0.25, 0.3) is 0 Å². The molecule has 6 N–H and O–H groups in total. The highest BCUT2D eigenvalue weighted by Gasteiger charge is 2.38. The molecule has 1 aromatic heterocycles. The lowest BCUT2D eigenvalue weighted by Crippen LogP contribution is -2.57. The van der Waals surface area contributed by atoms with Crippen LogP contribution in [0.2, 0.25) is 0 Å². The second kappa shape index (κ2) is 12.4. The van der Waals surface area contributed by atoms with Crippen molar-refractivity contribution in [2.75, 3.05) is 12.3 Å². The number of hydrogen-bond donors (Lipinski definition) is 6. The number of aromatic nitrogens is 2. The molecule has 2 aromatic rings. The number of carbonyl (C=O) groups excluding carboxylic acids is 3. The number of carboxylic acid groups (broad SMARTS) is 1. The summed E-state index contributed by atoms with van der Waals surface area (Å²) in [5, 5.41) is 14.3. The summed E-state index contributed by atoms with van der Waals surface area (Å²) in [7, 11) is 0. The van der Waals surface area contributed by atoms with Gasteiger partial charge in [0.2, 0.25) is 17.7 Å². The summed E-state index contributed by atoms with van der Waals surface area (Å²) < 4.78 is 0. The Hall–Kier alpha value is -3.38. The van der Waals surface area contributed by atoms with Crippen molar-refractivity contribution in [3.63, 3.8) is 0 Å². The summed E-state index contributed by atoms with van der Waals surface area (Å²) in [4.78, 5) is 58.7. The third-order valence-corrected chi connectivity index (χ3v) is 6.23. The van der Waals surface area contributed by atoms with Gasteiger partial charge in [0.1, 0.15) is 18.1 Å². The molecule has 0 aliphatic carbocycles. The third kappa shape index (κ3) is 7.06. The lowest BCUT2D eigenvalue weighted by molar-refractivity contribution is -0.142. The van der Waals surface area contributed by atoms with Crippen molar-refractivity contribution in [2.24, 2.45) is 5.73 Å². The van der Waals surface area contributed by atoms with Crippen molar-refractivity contribution < 1.29 is 24.3 Å². The molecule has 12 heteroatoms. The van der Waals surface area contributed by atoms with Crippen LogP contribution in [-0.4, -0.2) is 80.1 Å². The number of carbonyl (C=O) groups is 4. The summed E-state index contributed by atoms with van der Waals surface area (Å²) in [6, 6.07) is 5.50. The summed E-state index contributed by atoms with van der Waals surface area (Å²) in [5.74, 6) is -2.86. The highest BCUT2D eigenvalue weighted by Crippen LogP contribution is 2.19. The van der Waals surface area contributed by atoms with Gasteiger partial charge in [-0.2, -0.15) is 12.6 Å². The van der Waals surface area contributed by atoms with Gasteiger partial charge in [-0.1, -0.05) is 30.3 Å². The predicted octanol–water partition coefficient (Wildman–Crippen LogP) is -0.503. The number of carboxylic acids is 1. The van der Waals surface area contributed by atoms with Crippen molar-refractivity contribution >= 4 is 36.3 Å². The maximum Gasteiger partial charge on any atom is 0.327 e. The minimum atomic E-state index is -1.24. The second-order valence-electron chi connectivity index (χ2n) is 8.41. The molecule has 1 aliphatic rings. The number of amides is 3. The molecule has 35 heavy (non-hydrogen) atoms. The fourth-order valence-electron chi connectivity index (χ4n) is 4.02. The number of benzene rings is 1. The van der Waals surface area contributed by atoms with E-state index in [0.29, 0.717) is 31.5 Å². The Balaban J connectivity index is 1.69. The zero-order chi connectivity index (χ0) is 25.4. The van der Waals surface area contributed by atoms with Gasteiger partial charge in [-0.3, -0.25) is 14.4 Å². The van der Waals surface area contributed by atoms with Crippen molar-refractivity contribution in [3.8, 4) is 0 Å². The number of nitrogens with one attached hydrogen (secondary N) is 3. The fraction of sp³-hybridized carbons (Fsp3) is 0.435. The predicted molar refractivity (Wildman–Crippen MR) is 130 cm³/mol. The average molecular weight is 503 g/mol. The molecule has 2 heterocycles. The van der Waals surface area contributed by atoms with Crippen LogP contribution in [0.5, 0.6) is 0 Å². The number of thiol groups is 1. The third-order valence-electron chi connectivity index (χ3n) is 5.86. The molecule has 4 atom stereocenters. The van der Waals surface area contributed by atoms with E-state index in [9.17, 15) is 24.3 Å². The largest absolute Gasteiger partial charge is 0.480 e. The molecule has 3 amide bonds. The maximum absolute atomic E-state index is 13.2. The van der Waals surface area contributed by atoms with E-state index in [0.717, 1.165) is 5.56 Å². The molecular weight excluding hydrogens is 472 g/mol. The highest BCUT2D eigenvalue weighted by molar-refractivity contribution is 7.80. The number of aromatic amines is 1. The molecule has 1 aromatic carbocycles. The standard InChI is InChI=1S/C23H30N6O5S/c24-16(9-14-5-2-1-3-6-14)22(32)29-8-4-7-19(29)21(31)27-17(10-15-11-25-13-26-15)20(30)28-18(12-35)23(33)34/h1-3,5-6,11,13,16-19,35H,4,7-10,12,24H2,(H,25,26)(H,27,31)(H,28,30)(H,33,34). The van der Waals surface area contributed by atoms with Crippen LogP contribution in [0.4, 0.5) is 0 Å². The molecule has 0 spiro atoms. The number of rotatable bonds is 11. The second-order valence-corrected chi connectivity index (χ2v) is 8.78. The Bertz CT molecular complexity index is 1020. The summed E-state index contributed by atoms with van der Waals surface area (Å²) >= 11 is 3.96. The van der Waals surface area contributed by atoms with E-state index in [1.165, 1.54) is 17.4 Å². The van der Waals surface area contributed by atoms with Gasteiger partial charge < -0.3 is 31.4 Å². The number of likely N-dealkylation sites (tertiary alicyclic amines) is 1. The van der Waals surface area contributed by atoms with Crippen LogP contribution in [0.3, 0.4) is 0 Å². The van der Waals surface area contributed by atoms with E-state index < -0.39 is 42.0 Å². The van der Waals surface area contributed by atoms with E-state index in [-0.39, 0.29) is 18.1 Å². The minimum absolute atomic E-state index is 0.0602. The van der Waals surface area contributed by atoms with E-state index in [4.69, 9.17) is 5.73 Å². The molecule has 0 bridgehead atoms. The van der Waals surface area contributed by atoms with Crippen molar-refractivity contribution in [2.45, 2.75) is 49.9 Å². The summed E-state index contributed by atoms with van der Waals surface area (Å²) in [6.45, 7) is 0.386. The van der Waals surface area contributed by atoms with E-state index in [2.05, 4.69) is 33.2 Å². The molecule has 4 unspecified atom stereocenters. The number of imidazole rings is 1.